The molecule has 0 radical (unpaired) electrons. The van der Waals surface area contributed by atoms with E-state index in [2.05, 4.69) is 20.7 Å². The van der Waals surface area contributed by atoms with Crippen molar-refractivity contribution in [1.82, 2.24) is 14.3 Å². The van der Waals surface area contributed by atoms with Gasteiger partial charge in [-0.25, -0.2) is 26.6 Å². The minimum absolute atomic E-state index is 0.0993. The lowest BCUT2D eigenvalue weighted by Crippen LogP contribution is -2.28. The standard InChI is InChI=1S/C16H17F3N4O3S2/c1-4-12(15-10(18)6-9(17)7-11(15)19)28(25,26)22-16-20-13(21-27-16)8-14(24)23(3)5-2/h4,6-7,12H,1,5,8H2,2-3H3,(H,20,21,22). The van der Waals surface area contributed by atoms with Gasteiger partial charge in [-0.05, 0) is 6.92 Å². The average Bonchev–Trinajstić information content (AvgIpc) is 3.02. The Bertz CT molecular complexity index is 972. The van der Waals surface area contributed by atoms with Crippen molar-refractivity contribution in [2.45, 2.75) is 18.6 Å². The summed E-state index contributed by atoms with van der Waals surface area (Å²) in [5.41, 5.74) is -0.867. The van der Waals surface area contributed by atoms with E-state index in [-0.39, 0.29) is 23.3 Å². The van der Waals surface area contributed by atoms with Crippen molar-refractivity contribution in [2.24, 2.45) is 0 Å². The van der Waals surface area contributed by atoms with Gasteiger partial charge < -0.3 is 4.90 Å². The molecule has 0 saturated carbocycles. The molecule has 2 aromatic rings. The molecule has 0 fully saturated rings. The predicted octanol–water partition coefficient (Wildman–Crippen LogP) is 2.65. The predicted molar refractivity (Wildman–Crippen MR) is 98.7 cm³/mol. The van der Waals surface area contributed by atoms with Crippen molar-refractivity contribution in [3.05, 3.63) is 53.6 Å². The van der Waals surface area contributed by atoms with Crippen LogP contribution in [0.25, 0.3) is 0 Å². The van der Waals surface area contributed by atoms with Gasteiger partial charge in [-0.3, -0.25) is 9.52 Å². The molecular formula is C16H17F3N4O3S2. The third kappa shape index (κ3) is 4.87. The van der Waals surface area contributed by atoms with Crippen LogP contribution in [-0.4, -0.2) is 42.2 Å². The lowest BCUT2D eigenvalue weighted by Gasteiger charge is -2.16. The first-order valence-corrected chi connectivity index (χ1v) is 10.3. The molecule has 1 aromatic carbocycles. The summed E-state index contributed by atoms with van der Waals surface area (Å²) in [5.74, 6) is -4.06. The van der Waals surface area contributed by atoms with E-state index < -0.39 is 38.3 Å². The molecule has 1 heterocycles. The van der Waals surface area contributed by atoms with E-state index in [9.17, 15) is 26.4 Å². The van der Waals surface area contributed by atoms with Crippen LogP contribution >= 0.6 is 11.5 Å². The molecule has 1 amide bonds. The van der Waals surface area contributed by atoms with Gasteiger partial charge >= 0.3 is 0 Å². The van der Waals surface area contributed by atoms with Gasteiger partial charge in [0.1, 0.15) is 22.7 Å². The lowest BCUT2D eigenvalue weighted by molar-refractivity contribution is -0.129. The van der Waals surface area contributed by atoms with Gasteiger partial charge in [0.05, 0.1) is 6.42 Å². The number of sulfonamides is 1. The molecule has 0 saturated heterocycles. The first kappa shape index (κ1) is 21.8. The Morgan fingerprint density at radius 3 is 2.50 bits per heavy atom. The van der Waals surface area contributed by atoms with Crippen LogP contribution in [0, 0.1) is 17.5 Å². The fourth-order valence-electron chi connectivity index (χ4n) is 2.22. The summed E-state index contributed by atoms with van der Waals surface area (Å²) in [6.07, 6.45) is 0.679. The monoisotopic (exact) mass is 434 g/mol. The van der Waals surface area contributed by atoms with Crippen LogP contribution < -0.4 is 4.72 Å². The van der Waals surface area contributed by atoms with Crippen LogP contribution in [0.4, 0.5) is 18.3 Å². The third-order valence-electron chi connectivity index (χ3n) is 3.78. The second kappa shape index (κ2) is 8.69. The van der Waals surface area contributed by atoms with Gasteiger partial charge in [-0.2, -0.15) is 4.37 Å². The van der Waals surface area contributed by atoms with Crippen molar-refractivity contribution < 1.29 is 26.4 Å². The molecule has 0 aliphatic heterocycles. The number of carbonyl (C=O) groups excluding carboxylic acids is 1. The number of benzene rings is 1. The number of carbonyl (C=O) groups is 1. The number of rotatable bonds is 8. The van der Waals surface area contributed by atoms with Crippen LogP contribution in [0.1, 0.15) is 23.6 Å². The Morgan fingerprint density at radius 2 is 1.96 bits per heavy atom. The molecule has 1 unspecified atom stereocenters. The molecule has 1 aromatic heterocycles. The van der Waals surface area contributed by atoms with E-state index in [0.29, 0.717) is 30.2 Å². The number of nitrogens with zero attached hydrogens (tertiary/aromatic N) is 3. The highest BCUT2D eigenvalue weighted by Crippen LogP contribution is 2.31. The minimum Gasteiger partial charge on any atom is -0.346 e. The van der Waals surface area contributed by atoms with Gasteiger partial charge in [-0.1, -0.05) is 6.08 Å². The second-order valence-electron chi connectivity index (χ2n) is 5.69. The highest BCUT2D eigenvalue weighted by atomic mass is 32.2. The first-order valence-electron chi connectivity index (χ1n) is 7.94. The zero-order valence-corrected chi connectivity index (χ0v) is 16.6. The maximum Gasteiger partial charge on any atom is 0.245 e. The number of halogens is 3. The summed E-state index contributed by atoms with van der Waals surface area (Å²) in [4.78, 5) is 17.2. The van der Waals surface area contributed by atoms with Gasteiger partial charge in [0.25, 0.3) is 0 Å². The minimum atomic E-state index is -4.43. The molecule has 0 bridgehead atoms. The molecule has 28 heavy (non-hydrogen) atoms. The highest BCUT2D eigenvalue weighted by molar-refractivity contribution is 7.93. The van der Waals surface area contributed by atoms with E-state index >= 15 is 0 Å². The quantitative estimate of drug-likeness (QED) is 0.645. The second-order valence-corrected chi connectivity index (χ2v) is 8.24. The molecule has 0 spiro atoms. The SMILES string of the molecule is C=CC(c1c(F)cc(F)cc1F)S(=O)(=O)Nc1nc(CC(=O)N(C)CC)ns1. The fourth-order valence-corrected chi connectivity index (χ4v) is 4.37. The van der Waals surface area contributed by atoms with Gasteiger partial charge in [-0.15, -0.1) is 6.58 Å². The number of amides is 1. The van der Waals surface area contributed by atoms with E-state index in [1.807, 2.05) is 0 Å². The number of likely N-dealkylation sites (N-methyl/N-ethyl adjacent to an activating group) is 1. The average molecular weight is 434 g/mol. The van der Waals surface area contributed by atoms with Gasteiger partial charge in [0.15, 0.2) is 5.82 Å². The molecular weight excluding hydrogens is 417 g/mol. The molecule has 12 heteroatoms. The zero-order chi connectivity index (χ0) is 21.1. The van der Waals surface area contributed by atoms with E-state index in [1.165, 1.54) is 4.90 Å². The molecule has 7 nitrogen and oxygen atoms in total. The van der Waals surface area contributed by atoms with Crippen LogP contribution in [0.5, 0.6) is 0 Å². The Kier molecular flexibility index (Phi) is 6.77. The van der Waals surface area contributed by atoms with Crippen LogP contribution in [0.2, 0.25) is 0 Å². The molecule has 152 valence electrons. The molecule has 0 aliphatic rings. The third-order valence-corrected chi connectivity index (χ3v) is 6.16. The maximum absolute atomic E-state index is 14.0. The number of hydrogen-bond donors (Lipinski definition) is 1. The summed E-state index contributed by atoms with van der Waals surface area (Å²) in [7, 11) is -2.83. The molecule has 0 aliphatic carbocycles. The van der Waals surface area contributed by atoms with E-state index in [4.69, 9.17) is 0 Å². The summed E-state index contributed by atoms with van der Waals surface area (Å²) in [5, 5.41) is -2.02. The maximum atomic E-state index is 14.0. The Labute approximate surface area is 164 Å². The molecule has 1 N–H and O–H groups in total. The summed E-state index contributed by atoms with van der Waals surface area (Å²) in [6, 6.07) is 0.757. The fraction of sp³-hybridized carbons (Fsp3) is 0.312. The summed E-state index contributed by atoms with van der Waals surface area (Å²) < 4.78 is 72.1. The Hall–Kier alpha value is -2.47. The Balaban J connectivity index is 2.26. The van der Waals surface area contributed by atoms with Crippen LogP contribution in [0.15, 0.2) is 24.8 Å². The number of anilines is 1. The van der Waals surface area contributed by atoms with Crippen LogP contribution in [0.3, 0.4) is 0 Å². The summed E-state index contributed by atoms with van der Waals surface area (Å²) in [6.45, 7) is 5.57. The molecule has 2 rings (SSSR count). The van der Waals surface area contributed by atoms with Gasteiger partial charge in [0, 0.05) is 42.8 Å². The zero-order valence-electron chi connectivity index (χ0n) is 14.9. The first-order chi connectivity index (χ1) is 13.1. The van der Waals surface area contributed by atoms with Crippen molar-refractivity contribution in [3.63, 3.8) is 0 Å². The summed E-state index contributed by atoms with van der Waals surface area (Å²) >= 11 is 0.668. The van der Waals surface area contributed by atoms with E-state index in [1.54, 1.807) is 14.0 Å². The lowest BCUT2D eigenvalue weighted by atomic mass is 10.1. The highest BCUT2D eigenvalue weighted by Gasteiger charge is 2.31. The van der Waals surface area contributed by atoms with Crippen molar-refractivity contribution >= 4 is 32.6 Å². The Morgan fingerprint density at radius 1 is 1.36 bits per heavy atom. The smallest absolute Gasteiger partial charge is 0.245 e. The number of aromatic nitrogens is 2. The van der Waals surface area contributed by atoms with Crippen molar-refractivity contribution in [2.75, 3.05) is 18.3 Å². The largest absolute Gasteiger partial charge is 0.346 e. The number of nitrogens with one attached hydrogen (secondary N) is 1. The van der Waals surface area contributed by atoms with Crippen LogP contribution in [-0.2, 0) is 21.2 Å². The normalized spacial score (nSPS) is 12.5. The molecule has 1 atom stereocenters. The van der Waals surface area contributed by atoms with Crippen molar-refractivity contribution in [3.8, 4) is 0 Å². The van der Waals surface area contributed by atoms with Gasteiger partial charge in [0.2, 0.25) is 21.1 Å². The van der Waals surface area contributed by atoms with Crippen molar-refractivity contribution in [1.29, 1.82) is 0 Å². The topological polar surface area (TPSA) is 92.3 Å². The number of hydrogen-bond acceptors (Lipinski definition) is 6. The van der Waals surface area contributed by atoms with E-state index in [0.717, 1.165) is 6.08 Å².